The molecule has 0 bridgehead atoms. The van der Waals surface area contributed by atoms with Gasteiger partial charge in [-0.05, 0) is 30.7 Å². The summed E-state index contributed by atoms with van der Waals surface area (Å²) in [7, 11) is 3.40. The fraction of sp³-hybridized carbons (Fsp3) is 0.333. The Kier molecular flexibility index (Phi) is 5.76. The molecule has 0 saturated heterocycles. The van der Waals surface area contributed by atoms with Gasteiger partial charge >= 0.3 is 5.97 Å². The number of benzene rings is 2. The lowest BCUT2D eigenvalue weighted by atomic mass is 10.1. The second-order valence-electron chi connectivity index (χ2n) is 6.85. The number of anilines is 2. The van der Waals surface area contributed by atoms with E-state index < -0.39 is 5.97 Å². The maximum atomic E-state index is 12.7. The normalized spacial score (nSPS) is 17.0. The molecule has 0 aliphatic carbocycles. The predicted octanol–water partition coefficient (Wildman–Crippen LogP) is 2.75. The van der Waals surface area contributed by atoms with Gasteiger partial charge in [-0.15, -0.1) is 0 Å². The largest absolute Gasteiger partial charge is 0.465 e. The lowest BCUT2D eigenvalue weighted by Gasteiger charge is -2.27. The van der Waals surface area contributed by atoms with Crippen LogP contribution >= 0.6 is 0 Å². The minimum Gasteiger partial charge on any atom is -0.465 e. The molecule has 0 saturated carbocycles. The van der Waals surface area contributed by atoms with Gasteiger partial charge in [0.1, 0.15) is 0 Å². The third-order valence-electron chi connectivity index (χ3n) is 4.89. The van der Waals surface area contributed by atoms with E-state index in [0.717, 1.165) is 6.54 Å². The second kappa shape index (κ2) is 8.22. The van der Waals surface area contributed by atoms with Crippen molar-refractivity contribution in [2.45, 2.75) is 19.5 Å². The van der Waals surface area contributed by atoms with Crippen molar-refractivity contribution in [2.24, 2.45) is 0 Å². The Balaban J connectivity index is 1.74. The van der Waals surface area contributed by atoms with Gasteiger partial charge in [-0.2, -0.15) is 0 Å². The van der Waals surface area contributed by atoms with Gasteiger partial charge in [0.15, 0.2) is 0 Å². The number of ether oxygens (including phenoxy) is 1. The van der Waals surface area contributed by atoms with Gasteiger partial charge < -0.3 is 15.0 Å². The average Bonchev–Trinajstić information content (AvgIpc) is 2.78. The summed E-state index contributed by atoms with van der Waals surface area (Å²) in [5.74, 6) is -0.621. The van der Waals surface area contributed by atoms with Crippen LogP contribution in [-0.4, -0.2) is 50.1 Å². The minimum atomic E-state index is -0.468. The van der Waals surface area contributed by atoms with Crippen molar-refractivity contribution in [2.75, 3.05) is 37.5 Å². The van der Waals surface area contributed by atoms with Gasteiger partial charge in [0.25, 0.3) is 0 Å². The van der Waals surface area contributed by atoms with E-state index in [1.807, 2.05) is 12.1 Å². The molecule has 27 heavy (non-hydrogen) atoms. The van der Waals surface area contributed by atoms with Crippen LogP contribution in [-0.2, 0) is 16.1 Å². The SMILES string of the molecule is COC(=O)c1ccccc1NC(=O)CN1Cc2ccccc2N(C)CC1C. The Labute approximate surface area is 159 Å². The first-order valence-electron chi connectivity index (χ1n) is 9.00. The minimum absolute atomic E-state index is 0.153. The number of rotatable bonds is 4. The van der Waals surface area contributed by atoms with Crippen LogP contribution in [0, 0.1) is 0 Å². The second-order valence-corrected chi connectivity index (χ2v) is 6.85. The first-order chi connectivity index (χ1) is 13.0. The van der Waals surface area contributed by atoms with E-state index in [2.05, 4.69) is 41.2 Å². The van der Waals surface area contributed by atoms with Crippen molar-refractivity contribution >= 4 is 23.3 Å². The van der Waals surface area contributed by atoms with Crippen molar-refractivity contribution in [3.05, 3.63) is 59.7 Å². The lowest BCUT2D eigenvalue weighted by Crippen LogP contribution is -2.42. The Morgan fingerprint density at radius 3 is 2.63 bits per heavy atom. The maximum absolute atomic E-state index is 12.7. The van der Waals surface area contributed by atoms with Gasteiger partial charge in [0.05, 0.1) is 24.9 Å². The molecule has 6 nitrogen and oxygen atoms in total. The summed E-state index contributed by atoms with van der Waals surface area (Å²) >= 11 is 0. The number of fused-ring (bicyclic) bond motifs is 1. The molecule has 1 unspecified atom stereocenters. The standard InChI is InChI=1S/C21H25N3O3/c1-15-12-23(2)19-11-7-4-8-16(19)13-24(15)14-20(25)22-18-10-6-5-9-17(18)21(26)27-3/h4-11,15H,12-14H2,1-3H3,(H,22,25). The van der Waals surface area contributed by atoms with Gasteiger partial charge in [-0.3, -0.25) is 9.69 Å². The zero-order valence-electron chi connectivity index (χ0n) is 15.9. The number of amides is 1. The van der Waals surface area contributed by atoms with Crippen LogP contribution in [0.3, 0.4) is 0 Å². The Morgan fingerprint density at radius 1 is 1.15 bits per heavy atom. The molecule has 6 heteroatoms. The fourth-order valence-electron chi connectivity index (χ4n) is 3.47. The third-order valence-corrected chi connectivity index (χ3v) is 4.89. The molecule has 142 valence electrons. The van der Waals surface area contributed by atoms with E-state index >= 15 is 0 Å². The maximum Gasteiger partial charge on any atom is 0.339 e. The van der Waals surface area contributed by atoms with E-state index in [4.69, 9.17) is 4.74 Å². The van der Waals surface area contributed by atoms with Crippen LogP contribution in [0.2, 0.25) is 0 Å². The van der Waals surface area contributed by atoms with Crippen LogP contribution in [0.5, 0.6) is 0 Å². The number of nitrogens with one attached hydrogen (secondary N) is 1. The molecule has 3 rings (SSSR count). The highest BCUT2D eigenvalue weighted by Crippen LogP contribution is 2.26. The lowest BCUT2D eigenvalue weighted by molar-refractivity contribution is -0.117. The number of nitrogens with zero attached hydrogens (tertiary/aromatic N) is 2. The summed E-state index contributed by atoms with van der Waals surface area (Å²) in [6.45, 7) is 3.91. The quantitative estimate of drug-likeness (QED) is 0.842. The van der Waals surface area contributed by atoms with Crippen molar-refractivity contribution in [1.29, 1.82) is 0 Å². The van der Waals surface area contributed by atoms with Gasteiger partial charge in [0, 0.05) is 31.9 Å². The summed E-state index contributed by atoms with van der Waals surface area (Å²) in [6, 6.07) is 15.3. The fourth-order valence-corrected chi connectivity index (χ4v) is 3.47. The highest BCUT2D eigenvalue weighted by atomic mass is 16.5. The molecule has 0 radical (unpaired) electrons. The number of hydrogen-bond donors (Lipinski definition) is 1. The molecule has 1 heterocycles. The molecular formula is C21H25N3O3. The molecule has 1 aliphatic heterocycles. The van der Waals surface area contributed by atoms with Crippen LogP contribution in [0.25, 0.3) is 0 Å². The molecule has 0 spiro atoms. The molecule has 1 amide bonds. The van der Waals surface area contributed by atoms with Crippen molar-refractivity contribution < 1.29 is 14.3 Å². The van der Waals surface area contributed by atoms with E-state index in [9.17, 15) is 9.59 Å². The Morgan fingerprint density at radius 2 is 1.85 bits per heavy atom. The summed E-state index contributed by atoms with van der Waals surface area (Å²) in [6.07, 6.45) is 0. The van der Waals surface area contributed by atoms with Crippen molar-refractivity contribution in [3.63, 3.8) is 0 Å². The molecule has 2 aromatic carbocycles. The Bertz CT molecular complexity index is 837. The van der Waals surface area contributed by atoms with Gasteiger partial charge in [-0.1, -0.05) is 30.3 Å². The molecule has 2 aromatic rings. The van der Waals surface area contributed by atoms with Gasteiger partial charge in [-0.25, -0.2) is 4.79 Å². The number of hydrogen-bond acceptors (Lipinski definition) is 5. The molecule has 1 atom stereocenters. The van der Waals surface area contributed by atoms with Gasteiger partial charge in [0.2, 0.25) is 5.91 Å². The molecule has 0 fully saturated rings. The molecule has 1 N–H and O–H groups in total. The topological polar surface area (TPSA) is 61.9 Å². The number of carbonyl (C=O) groups excluding carboxylic acids is 2. The summed E-state index contributed by atoms with van der Waals surface area (Å²) in [4.78, 5) is 28.9. The summed E-state index contributed by atoms with van der Waals surface area (Å²) < 4.78 is 4.79. The average molecular weight is 367 g/mol. The number of methoxy groups -OCH3 is 1. The van der Waals surface area contributed by atoms with E-state index in [1.165, 1.54) is 18.4 Å². The number of carbonyl (C=O) groups is 2. The predicted molar refractivity (Wildman–Crippen MR) is 106 cm³/mol. The molecule has 1 aliphatic rings. The summed E-state index contributed by atoms with van der Waals surface area (Å²) in [5, 5.41) is 2.85. The van der Waals surface area contributed by atoms with Crippen molar-refractivity contribution in [1.82, 2.24) is 4.90 Å². The molecular weight excluding hydrogens is 342 g/mol. The van der Waals surface area contributed by atoms with E-state index in [-0.39, 0.29) is 18.5 Å². The first-order valence-corrected chi connectivity index (χ1v) is 9.00. The van der Waals surface area contributed by atoms with E-state index in [0.29, 0.717) is 17.8 Å². The molecule has 0 aromatic heterocycles. The zero-order valence-corrected chi connectivity index (χ0v) is 15.9. The van der Waals surface area contributed by atoms with Crippen LogP contribution in [0.4, 0.5) is 11.4 Å². The highest BCUT2D eigenvalue weighted by Gasteiger charge is 2.25. The third kappa shape index (κ3) is 4.28. The summed E-state index contributed by atoms with van der Waals surface area (Å²) in [5.41, 5.74) is 3.21. The number of para-hydroxylation sites is 2. The highest BCUT2D eigenvalue weighted by molar-refractivity contribution is 6.01. The van der Waals surface area contributed by atoms with Crippen LogP contribution < -0.4 is 10.2 Å². The first kappa shape index (κ1) is 18.9. The van der Waals surface area contributed by atoms with Crippen molar-refractivity contribution in [3.8, 4) is 0 Å². The zero-order chi connectivity index (χ0) is 19.4. The number of likely N-dealkylation sites (N-methyl/N-ethyl adjacent to an activating group) is 1. The Hall–Kier alpha value is -2.86. The monoisotopic (exact) mass is 367 g/mol. The van der Waals surface area contributed by atoms with Crippen LogP contribution in [0.1, 0.15) is 22.8 Å². The van der Waals surface area contributed by atoms with E-state index in [1.54, 1.807) is 24.3 Å². The smallest absolute Gasteiger partial charge is 0.339 e. The van der Waals surface area contributed by atoms with Crippen LogP contribution in [0.15, 0.2) is 48.5 Å². The number of esters is 1.